The zero-order chi connectivity index (χ0) is 25.3. The van der Waals surface area contributed by atoms with Gasteiger partial charge in [-0.2, -0.15) is 5.10 Å². The first-order valence-electron chi connectivity index (χ1n) is 11.7. The molecule has 0 saturated heterocycles. The molecule has 1 aromatic heterocycles. The molecule has 1 aliphatic rings. The Kier molecular flexibility index (Phi) is 6.34. The molecule has 1 atom stereocenters. The van der Waals surface area contributed by atoms with Gasteiger partial charge < -0.3 is 9.64 Å². The number of nitrogens with zero attached hydrogens (tertiary/aromatic N) is 4. The van der Waals surface area contributed by atoms with E-state index in [2.05, 4.69) is 20.1 Å². The van der Waals surface area contributed by atoms with Gasteiger partial charge in [0.2, 0.25) is 0 Å². The number of aromatic amines is 1. The van der Waals surface area contributed by atoms with Crippen molar-refractivity contribution in [1.29, 1.82) is 0 Å². The van der Waals surface area contributed by atoms with Gasteiger partial charge in [0.25, 0.3) is 5.69 Å². The number of hydrogen-bond acceptors (Lipinski definition) is 6. The van der Waals surface area contributed by atoms with Gasteiger partial charge in [0.15, 0.2) is 11.6 Å². The van der Waals surface area contributed by atoms with E-state index in [1.54, 1.807) is 24.3 Å². The van der Waals surface area contributed by atoms with Crippen molar-refractivity contribution in [2.45, 2.75) is 25.0 Å². The molecule has 0 unspecified atom stereocenters. The molecular formula is C27H26FN5O3. The number of benzene rings is 3. The van der Waals surface area contributed by atoms with Crippen LogP contribution >= 0.6 is 0 Å². The van der Waals surface area contributed by atoms with Crippen molar-refractivity contribution < 1.29 is 14.1 Å². The second kappa shape index (κ2) is 9.60. The molecule has 0 fully saturated rings. The average molecular weight is 488 g/mol. The molecule has 184 valence electrons. The Labute approximate surface area is 207 Å². The summed E-state index contributed by atoms with van der Waals surface area (Å²) >= 11 is 0. The fourth-order valence-electron chi connectivity index (χ4n) is 4.77. The summed E-state index contributed by atoms with van der Waals surface area (Å²) in [5.74, 6) is 0.668. The monoisotopic (exact) mass is 487 g/mol. The minimum absolute atomic E-state index is 0.0140. The highest BCUT2D eigenvalue weighted by atomic mass is 19.1. The van der Waals surface area contributed by atoms with Crippen LogP contribution in [0.1, 0.15) is 29.5 Å². The third-order valence-corrected chi connectivity index (χ3v) is 6.53. The van der Waals surface area contributed by atoms with E-state index in [4.69, 9.17) is 4.74 Å². The van der Waals surface area contributed by atoms with E-state index in [-0.39, 0.29) is 11.5 Å². The molecule has 0 bridgehead atoms. The highest BCUT2D eigenvalue weighted by Gasteiger charge is 2.41. The number of nitro groups is 1. The lowest BCUT2D eigenvalue weighted by Crippen LogP contribution is -2.28. The third-order valence-electron chi connectivity index (χ3n) is 6.53. The van der Waals surface area contributed by atoms with Crippen LogP contribution in [0.4, 0.5) is 10.1 Å². The van der Waals surface area contributed by atoms with Gasteiger partial charge in [0.05, 0.1) is 11.5 Å². The molecular weight excluding hydrogens is 461 g/mol. The number of H-pyrrole nitrogens is 1. The van der Waals surface area contributed by atoms with Crippen molar-refractivity contribution in [3.63, 3.8) is 0 Å². The number of non-ortho nitro benzene ring substituents is 1. The Morgan fingerprint density at radius 1 is 1.11 bits per heavy atom. The largest absolute Gasteiger partial charge is 0.361 e. The summed E-state index contributed by atoms with van der Waals surface area (Å²) in [6.07, 6.45) is 1.68. The smallest absolute Gasteiger partial charge is 0.270 e. The number of halogens is 1. The molecule has 8 nitrogen and oxygen atoms in total. The fraction of sp³-hybridized carbons (Fsp3) is 0.259. The summed E-state index contributed by atoms with van der Waals surface area (Å²) in [7, 11) is 4.08. The van der Waals surface area contributed by atoms with Gasteiger partial charge in [0.1, 0.15) is 11.4 Å². The SMILES string of the molecule is CN(C)CCC[C@@]1(c2ccc(F)cc2)OCc2cc(-c3nc(-c4cccc([N+](=O)[O-])c4)n[nH]3)ccc21. The van der Waals surface area contributed by atoms with Crippen LogP contribution in [0.25, 0.3) is 22.8 Å². The molecule has 2 heterocycles. The topological polar surface area (TPSA) is 97.2 Å². The van der Waals surface area contributed by atoms with Crippen LogP contribution in [0, 0.1) is 15.9 Å². The minimum atomic E-state index is -0.646. The predicted octanol–water partition coefficient (Wildman–Crippen LogP) is 5.30. The van der Waals surface area contributed by atoms with Crippen molar-refractivity contribution in [3.8, 4) is 22.8 Å². The van der Waals surface area contributed by atoms with E-state index < -0.39 is 10.5 Å². The Morgan fingerprint density at radius 2 is 1.92 bits per heavy atom. The van der Waals surface area contributed by atoms with Crippen LogP contribution in [0.2, 0.25) is 0 Å². The van der Waals surface area contributed by atoms with Gasteiger partial charge in [-0.3, -0.25) is 15.2 Å². The van der Waals surface area contributed by atoms with Crippen LogP contribution < -0.4 is 0 Å². The fourth-order valence-corrected chi connectivity index (χ4v) is 4.77. The summed E-state index contributed by atoms with van der Waals surface area (Å²) in [6, 6.07) is 18.8. The number of rotatable bonds is 8. The average Bonchev–Trinajstić information content (AvgIpc) is 3.50. The number of hydrogen-bond donors (Lipinski definition) is 1. The Morgan fingerprint density at radius 3 is 2.67 bits per heavy atom. The van der Waals surface area contributed by atoms with E-state index in [1.165, 1.54) is 24.3 Å². The van der Waals surface area contributed by atoms with Crippen LogP contribution in [-0.2, 0) is 16.9 Å². The van der Waals surface area contributed by atoms with Gasteiger partial charge in [-0.1, -0.05) is 36.4 Å². The highest BCUT2D eigenvalue weighted by Crippen LogP contribution is 2.46. The maximum absolute atomic E-state index is 13.7. The summed E-state index contributed by atoms with van der Waals surface area (Å²) in [6.45, 7) is 1.34. The van der Waals surface area contributed by atoms with E-state index in [9.17, 15) is 14.5 Å². The number of fused-ring (bicyclic) bond motifs is 1. The zero-order valence-corrected chi connectivity index (χ0v) is 20.1. The third kappa shape index (κ3) is 4.50. The lowest BCUT2D eigenvalue weighted by molar-refractivity contribution is -0.384. The van der Waals surface area contributed by atoms with Crippen molar-refractivity contribution in [2.75, 3.05) is 20.6 Å². The molecule has 1 aliphatic heterocycles. The van der Waals surface area contributed by atoms with Crippen molar-refractivity contribution >= 4 is 5.69 Å². The predicted molar refractivity (Wildman–Crippen MR) is 134 cm³/mol. The van der Waals surface area contributed by atoms with Gasteiger partial charge in [-0.15, -0.1) is 0 Å². The molecule has 3 aromatic carbocycles. The van der Waals surface area contributed by atoms with Crippen LogP contribution in [0.3, 0.4) is 0 Å². The first kappa shape index (κ1) is 23.8. The van der Waals surface area contributed by atoms with E-state index in [0.29, 0.717) is 23.8 Å². The normalized spacial score (nSPS) is 16.9. The van der Waals surface area contributed by atoms with E-state index >= 15 is 0 Å². The van der Waals surface area contributed by atoms with Gasteiger partial charge >= 0.3 is 0 Å². The van der Waals surface area contributed by atoms with Crippen molar-refractivity contribution in [3.05, 3.63) is 99.4 Å². The minimum Gasteiger partial charge on any atom is -0.361 e. The number of nitrogens with one attached hydrogen (secondary N) is 1. The number of nitro benzene ring substituents is 1. The van der Waals surface area contributed by atoms with Crippen LogP contribution in [-0.4, -0.2) is 45.6 Å². The molecule has 0 spiro atoms. The Bertz CT molecular complexity index is 1400. The summed E-state index contributed by atoms with van der Waals surface area (Å²) in [5, 5.41) is 18.3. The lowest BCUT2D eigenvalue weighted by atomic mass is 9.81. The van der Waals surface area contributed by atoms with E-state index in [0.717, 1.165) is 41.6 Å². The quantitative estimate of drug-likeness (QED) is 0.268. The molecule has 0 saturated carbocycles. The molecule has 0 aliphatic carbocycles. The maximum atomic E-state index is 13.7. The van der Waals surface area contributed by atoms with Gasteiger partial charge in [0, 0.05) is 23.3 Å². The first-order valence-corrected chi connectivity index (χ1v) is 11.7. The van der Waals surface area contributed by atoms with Gasteiger partial charge in [-0.25, -0.2) is 9.37 Å². The molecule has 36 heavy (non-hydrogen) atoms. The number of ether oxygens (including phenoxy) is 1. The summed E-state index contributed by atoms with van der Waals surface area (Å²) < 4.78 is 20.2. The molecule has 9 heteroatoms. The molecule has 5 rings (SSSR count). The molecule has 0 amide bonds. The Hall–Kier alpha value is -3.95. The Balaban J connectivity index is 1.47. The second-order valence-electron chi connectivity index (χ2n) is 9.22. The first-order chi connectivity index (χ1) is 17.4. The highest BCUT2D eigenvalue weighted by molar-refractivity contribution is 5.64. The van der Waals surface area contributed by atoms with Crippen molar-refractivity contribution in [1.82, 2.24) is 20.1 Å². The second-order valence-corrected chi connectivity index (χ2v) is 9.22. The summed E-state index contributed by atoms with van der Waals surface area (Å²) in [5.41, 5.74) is 3.77. The molecule has 4 aromatic rings. The lowest BCUT2D eigenvalue weighted by Gasteiger charge is -2.31. The van der Waals surface area contributed by atoms with E-state index in [1.807, 2.05) is 32.3 Å². The standard InChI is InChI=1S/C27H26FN5O3/c1-32(2)14-4-13-27(21-8-10-22(28)11-9-21)24-12-7-19(15-20(24)17-36-27)26-29-25(30-31-26)18-5-3-6-23(16-18)33(34)35/h3,5-12,15-16H,4,13-14,17H2,1-2H3,(H,29,30,31)/t27-/m0/s1. The maximum Gasteiger partial charge on any atom is 0.270 e. The number of aromatic nitrogens is 3. The van der Waals surface area contributed by atoms with Crippen molar-refractivity contribution in [2.24, 2.45) is 0 Å². The zero-order valence-electron chi connectivity index (χ0n) is 20.1. The summed E-state index contributed by atoms with van der Waals surface area (Å²) in [4.78, 5) is 17.4. The van der Waals surface area contributed by atoms with Crippen LogP contribution in [0.5, 0.6) is 0 Å². The van der Waals surface area contributed by atoms with Gasteiger partial charge in [-0.05, 0) is 68.4 Å². The van der Waals surface area contributed by atoms with Crippen LogP contribution in [0.15, 0.2) is 66.7 Å². The molecule has 0 radical (unpaired) electrons. The molecule has 1 N–H and O–H groups in total.